The lowest BCUT2D eigenvalue weighted by molar-refractivity contribution is 0.0689. The number of hydrogen-bond donors (Lipinski definition) is 2. The van der Waals surface area contributed by atoms with Gasteiger partial charge in [0.15, 0.2) is 10.9 Å². The van der Waals surface area contributed by atoms with E-state index in [1.54, 1.807) is 16.7 Å². The zero-order chi connectivity index (χ0) is 14.5. The molecule has 0 radical (unpaired) electrons. The van der Waals surface area contributed by atoms with Crippen LogP contribution < -0.4 is 5.69 Å². The van der Waals surface area contributed by atoms with Gasteiger partial charge in [0.2, 0.25) is 0 Å². The highest BCUT2D eigenvalue weighted by atomic mass is 32.2. The van der Waals surface area contributed by atoms with Gasteiger partial charge in [-0.25, -0.2) is 19.7 Å². The SMILES string of the molecule is CCCn1c(SCc2cccnc2C(=O)O)n[nH]c1=O. The van der Waals surface area contributed by atoms with E-state index in [0.29, 0.717) is 23.0 Å². The summed E-state index contributed by atoms with van der Waals surface area (Å²) in [7, 11) is 0. The fourth-order valence-corrected chi connectivity index (χ4v) is 2.68. The van der Waals surface area contributed by atoms with E-state index in [0.717, 1.165) is 6.42 Å². The number of aromatic carboxylic acids is 1. The minimum absolute atomic E-state index is 0.0277. The summed E-state index contributed by atoms with van der Waals surface area (Å²) in [6.45, 7) is 2.55. The average molecular weight is 294 g/mol. The molecule has 0 bridgehead atoms. The van der Waals surface area contributed by atoms with Crippen molar-refractivity contribution < 1.29 is 9.90 Å². The normalized spacial score (nSPS) is 10.7. The smallest absolute Gasteiger partial charge is 0.354 e. The highest BCUT2D eigenvalue weighted by Gasteiger charge is 2.13. The Bertz CT molecular complexity index is 665. The highest BCUT2D eigenvalue weighted by Crippen LogP contribution is 2.21. The molecule has 0 fully saturated rings. The molecule has 0 unspecified atom stereocenters. The monoisotopic (exact) mass is 294 g/mol. The zero-order valence-corrected chi connectivity index (χ0v) is 11.7. The van der Waals surface area contributed by atoms with Crippen LogP contribution in [0, 0.1) is 0 Å². The van der Waals surface area contributed by atoms with Gasteiger partial charge < -0.3 is 5.11 Å². The van der Waals surface area contributed by atoms with Crippen LogP contribution in [0.25, 0.3) is 0 Å². The lowest BCUT2D eigenvalue weighted by Gasteiger charge is -2.05. The van der Waals surface area contributed by atoms with Crippen LogP contribution in [0.3, 0.4) is 0 Å². The van der Waals surface area contributed by atoms with Crippen LogP contribution in [0.5, 0.6) is 0 Å². The number of thioether (sulfide) groups is 1. The molecule has 2 heterocycles. The third-order valence-electron chi connectivity index (χ3n) is 2.62. The predicted octanol–water partition coefficient (Wildman–Crippen LogP) is 1.37. The van der Waals surface area contributed by atoms with Gasteiger partial charge in [0.1, 0.15) is 0 Å². The molecule has 0 atom stereocenters. The van der Waals surface area contributed by atoms with Crippen molar-refractivity contribution in [3.05, 3.63) is 40.1 Å². The second-order valence-corrected chi connectivity index (χ2v) is 5.01. The van der Waals surface area contributed by atoms with Crippen molar-refractivity contribution in [2.75, 3.05) is 0 Å². The fraction of sp³-hybridized carbons (Fsp3) is 0.333. The minimum atomic E-state index is -1.06. The van der Waals surface area contributed by atoms with Crippen LogP contribution in [0.15, 0.2) is 28.3 Å². The molecule has 2 aromatic heterocycles. The number of H-pyrrole nitrogens is 1. The molecular weight excluding hydrogens is 280 g/mol. The first-order valence-electron chi connectivity index (χ1n) is 6.08. The Kier molecular flexibility index (Phi) is 4.57. The first-order valence-corrected chi connectivity index (χ1v) is 7.07. The van der Waals surface area contributed by atoms with E-state index in [4.69, 9.17) is 5.11 Å². The summed E-state index contributed by atoms with van der Waals surface area (Å²) in [6, 6.07) is 3.39. The van der Waals surface area contributed by atoms with E-state index in [-0.39, 0.29) is 11.4 Å². The maximum Gasteiger partial charge on any atom is 0.354 e. The number of carboxylic acid groups (broad SMARTS) is 1. The van der Waals surface area contributed by atoms with Gasteiger partial charge in [-0.1, -0.05) is 24.8 Å². The van der Waals surface area contributed by atoms with Crippen LogP contribution in [0.2, 0.25) is 0 Å². The average Bonchev–Trinajstić information content (AvgIpc) is 2.78. The number of carbonyl (C=O) groups is 1. The number of pyridine rings is 1. The number of carboxylic acids is 1. The fourth-order valence-electron chi connectivity index (χ4n) is 1.72. The quantitative estimate of drug-likeness (QED) is 0.780. The molecule has 0 aliphatic rings. The molecule has 0 aliphatic heterocycles. The van der Waals surface area contributed by atoms with Crippen LogP contribution >= 0.6 is 11.8 Å². The molecule has 0 saturated heterocycles. The van der Waals surface area contributed by atoms with E-state index >= 15 is 0 Å². The summed E-state index contributed by atoms with van der Waals surface area (Å²) in [4.78, 5) is 26.4. The molecule has 0 saturated carbocycles. The standard InChI is InChI=1S/C12H14N4O3S/c1-2-6-16-11(19)14-15-12(16)20-7-8-4-3-5-13-9(8)10(17)18/h3-5H,2,6-7H2,1H3,(H,14,19)(H,17,18). The van der Waals surface area contributed by atoms with E-state index in [2.05, 4.69) is 15.2 Å². The summed E-state index contributed by atoms with van der Waals surface area (Å²) >= 11 is 1.31. The molecule has 0 aromatic carbocycles. The van der Waals surface area contributed by atoms with Crippen molar-refractivity contribution in [2.45, 2.75) is 30.8 Å². The number of rotatable bonds is 6. The second kappa shape index (κ2) is 6.38. The van der Waals surface area contributed by atoms with Gasteiger partial charge in [-0.15, -0.1) is 5.10 Å². The van der Waals surface area contributed by atoms with Crippen molar-refractivity contribution >= 4 is 17.7 Å². The molecule has 2 rings (SSSR count). The van der Waals surface area contributed by atoms with Crippen LogP contribution in [0.1, 0.15) is 29.4 Å². The molecule has 2 N–H and O–H groups in total. The van der Waals surface area contributed by atoms with Crippen molar-refractivity contribution in [2.24, 2.45) is 0 Å². The number of aromatic nitrogens is 4. The third-order valence-corrected chi connectivity index (χ3v) is 3.65. The topological polar surface area (TPSA) is 101 Å². The molecule has 8 heteroatoms. The van der Waals surface area contributed by atoms with Crippen molar-refractivity contribution in [3.8, 4) is 0 Å². The zero-order valence-electron chi connectivity index (χ0n) is 10.9. The highest BCUT2D eigenvalue weighted by molar-refractivity contribution is 7.98. The number of nitrogens with zero attached hydrogens (tertiary/aromatic N) is 3. The van der Waals surface area contributed by atoms with Crippen molar-refractivity contribution in [1.29, 1.82) is 0 Å². The van der Waals surface area contributed by atoms with Crippen LogP contribution in [-0.2, 0) is 12.3 Å². The predicted molar refractivity (Wildman–Crippen MR) is 73.9 cm³/mol. The molecule has 2 aromatic rings. The Morgan fingerprint density at radius 3 is 3.05 bits per heavy atom. The van der Waals surface area contributed by atoms with E-state index in [1.165, 1.54) is 18.0 Å². The van der Waals surface area contributed by atoms with Gasteiger partial charge in [-0.2, -0.15) is 0 Å². The van der Waals surface area contributed by atoms with E-state index < -0.39 is 5.97 Å². The van der Waals surface area contributed by atoms with Gasteiger partial charge in [0.05, 0.1) is 0 Å². The Balaban J connectivity index is 2.17. The summed E-state index contributed by atoms with van der Waals surface area (Å²) in [5, 5.41) is 16.0. The Morgan fingerprint density at radius 1 is 1.55 bits per heavy atom. The molecule has 0 aliphatic carbocycles. The lowest BCUT2D eigenvalue weighted by Crippen LogP contribution is -2.17. The van der Waals surface area contributed by atoms with Gasteiger partial charge >= 0.3 is 11.7 Å². The largest absolute Gasteiger partial charge is 0.477 e. The Labute approximate surface area is 119 Å². The first kappa shape index (κ1) is 14.3. The Hall–Kier alpha value is -2.09. The summed E-state index contributed by atoms with van der Waals surface area (Å²) in [5.74, 6) is -0.669. The molecular formula is C12H14N4O3S. The van der Waals surface area contributed by atoms with E-state index in [9.17, 15) is 9.59 Å². The van der Waals surface area contributed by atoms with E-state index in [1.807, 2.05) is 6.92 Å². The summed E-state index contributed by atoms with van der Waals surface area (Å²) in [6.07, 6.45) is 2.26. The molecule has 20 heavy (non-hydrogen) atoms. The van der Waals surface area contributed by atoms with Crippen molar-refractivity contribution in [3.63, 3.8) is 0 Å². The van der Waals surface area contributed by atoms with Crippen LogP contribution in [-0.4, -0.2) is 30.8 Å². The van der Waals surface area contributed by atoms with Gasteiger partial charge in [-0.3, -0.25) is 4.57 Å². The second-order valence-electron chi connectivity index (χ2n) is 4.07. The first-order chi connectivity index (χ1) is 9.63. The Morgan fingerprint density at radius 2 is 2.35 bits per heavy atom. The maximum atomic E-state index is 11.5. The summed E-state index contributed by atoms with van der Waals surface area (Å²) < 4.78 is 1.54. The van der Waals surface area contributed by atoms with Gasteiger partial charge in [-0.05, 0) is 18.1 Å². The minimum Gasteiger partial charge on any atom is -0.477 e. The third kappa shape index (κ3) is 3.08. The lowest BCUT2D eigenvalue weighted by atomic mass is 10.2. The maximum absolute atomic E-state index is 11.5. The van der Waals surface area contributed by atoms with Crippen LogP contribution in [0.4, 0.5) is 0 Å². The number of aromatic amines is 1. The molecule has 7 nitrogen and oxygen atoms in total. The van der Waals surface area contributed by atoms with Gasteiger partial charge in [0.25, 0.3) is 0 Å². The van der Waals surface area contributed by atoms with Gasteiger partial charge in [0, 0.05) is 18.5 Å². The number of hydrogen-bond acceptors (Lipinski definition) is 5. The number of nitrogens with one attached hydrogen (secondary N) is 1. The van der Waals surface area contributed by atoms with Crippen molar-refractivity contribution in [1.82, 2.24) is 19.7 Å². The molecule has 106 valence electrons. The molecule has 0 spiro atoms. The summed E-state index contributed by atoms with van der Waals surface area (Å²) in [5.41, 5.74) is 0.377. The molecule has 0 amide bonds.